The highest BCUT2D eigenvalue weighted by Crippen LogP contribution is 2.36. The van der Waals surface area contributed by atoms with Crippen molar-refractivity contribution in [1.82, 2.24) is 4.90 Å². The van der Waals surface area contributed by atoms with E-state index in [1.165, 1.54) is 23.8 Å². The van der Waals surface area contributed by atoms with Gasteiger partial charge in [0.25, 0.3) is 5.91 Å². The van der Waals surface area contributed by atoms with Gasteiger partial charge in [0.2, 0.25) is 0 Å². The molecule has 0 unspecified atom stereocenters. The number of thiocarbonyl (C=S) groups is 1. The second-order valence-electron chi connectivity index (χ2n) is 3.82. The molecule has 1 aromatic rings. The molecule has 0 aliphatic carbocycles. The first kappa shape index (κ1) is 13.9. The van der Waals surface area contributed by atoms with E-state index in [4.69, 9.17) is 17.0 Å². The molecule has 1 heterocycles. The van der Waals surface area contributed by atoms with Crippen LogP contribution in [0.4, 0.5) is 0 Å². The standard InChI is InChI=1S/C13H13NO3S2/c1-3-14-12(16)10(19-13(14)18)7-8-5-4-6-9(17-2)11(8)15/h4-7,15H,3H2,1-2H3/b10-7+. The molecular weight excluding hydrogens is 282 g/mol. The van der Waals surface area contributed by atoms with Crippen LogP contribution in [0.2, 0.25) is 0 Å². The summed E-state index contributed by atoms with van der Waals surface area (Å²) >= 11 is 6.37. The number of likely N-dealkylation sites (N-methyl/N-ethyl adjacent to an activating group) is 1. The molecule has 0 atom stereocenters. The summed E-state index contributed by atoms with van der Waals surface area (Å²) < 4.78 is 5.58. The summed E-state index contributed by atoms with van der Waals surface area (Å²) in [5.41, 5.74) is 0.538. The van der Waals surface area contributed by atoms with Gasteiger partial charge in [0.05, 0.1) is 12.0 Å². The molecule has 0 bridgehead atoms. The molecule has 4 nitrogen and oxygen atoms in total. The number of hydrogen-bond donors (Lipinski definition) is 1. The SMILES string of the molecule is CCN1C(=O)/C(=C\c2cccc(OC)c2O)SC1=S. The largest absolute Gasteiger partial charge is 0.504 e. The third kappa shape index (κ3) is 2.59. The van der Waals surface area contributed by atoms with Gasteiger partial charge in [-0.2, -0.15) is 0 Å². The molecule has 0 spiro atoms. The number of carbonyl (C=O) groups is 1. The van der Waals surface area contributed by atoms with Crippen molar-refractivity contribution < 1.29 is 14.6 Å². The molecule has 100 valence electrons. The van der Waals surface area contributed by atoms with E-state index in [9.17, 15) is 9.90 Å². The Hall–Kier alpha value is -1.53. The van der Waals surface area contributed by atoms with Crippen molar-refractivity contribution in [2.24, 2.45) is 0 Å². The van der Waals surface area contributed by atoms with E-state index in [-0.39, 0.29) is 11.7 Å². The normalized spacial score (nSPS) is 17.4. The van der Waals surface area contributed by atoms with Crippen LogP contribution >= 0.6 is 24.0 Å². The Morgan fingerprint density at radius 2 is 2.26 bits per heavy atom. The van der Waals surface area contributed by atoms with Gasteiger partial charge in [0.1, 0.15) is 4.32 Å². The lowest BCUT2D eigenvalue weighted by Crippen LogP contribution is -2.27. The number of phenolic OH excluding ortho intramolecular Hbond substituents is 1. The minimum Gasteiger partial charge on any atom is -0.504 e. The Balaban J connectivity index is 2.38. The number of ether oxygens (including phenoxy) is 1. The molecule has 0 radical (unpaired) electrons. The Morgan fingerprint density at radius 1 is 1.53 bits per heavy atom. The van der Waals surface area contributed by atoms with Crippen molar-refractivity contribution in [3.05, 3.63) is 28.7 Å². The lowest BCUT2D eigenvalue weighted by molar-refractivity contribution is -0.121. The first-order valence-corrected chi connectivity index (χ1v) is 6.92. The molecule has 1 amide bonds. The average Bonchev–Trinajstić information content (AvgIpc) is 2.66. The van der Waals surface area contributed by atoms with Gasteiger partial charge in [0.15, 0.2) is 11.5 Å². The number of phenols is 1. The lowest BCUT2D eigenvalue weighted by Gasteiger charge is -2.09. The van der Waals surface area contributed by atoms with Gasteiger partial charge in [-0.15, -0.1) is 0 Å². The van der Waals surface area contributed by atoms with Crippen LogP contribution in [-0.2, 0) is 4.79 Å². The van der Waals surface area contributed by atoms with Gasteiger partial charge in [-0.05, 0) is 19.1 Å². The summed E-state index contributed by atoms with van der Waals surface area (Å²) in [6.07, 6.45) is 1.63. The average molecular weight is 295 g/mol. The lowest BCUT2D eigenvalue weighted by atomic mass is 10.1. The van der Waals surface area contributed by atoms with Crippen LogP contribution in [0.15, 0.2) is 23.1 Å². The number of nitrogens with zero attached hydrogens (tertiary/aromatic N) is 1. The summed E-state index contributed by atoms with van der Waals surface area (Å²) in [5, 5.41) is 9.99. The molecule has 2 rings (SSSR count). The number of carbonyl (C=O) groups excluding carboxylic acids is 1. The second kappa shape index (κ2) is 5.63. The fourth-order valence-electron chi connectivity index (χ4n) is 1.73. The maximum Gasteiger partial charge on any atom is 0.266 e. The van der Waals surface area contributed by atoms with Gasteiger partial charge >= 0.3 is 0 Å². The van der Waals surface area contributed by atoms with Crippen molar-refractivity contribution in [2.45, 2.75) is 6.92 Å². The molecule has 1 aliphatic heterocycles. The first-order valence-electron chi connectivity index (χ1n) is 5.69. The maximum atomic E-state index is 12.1. The molecule has 0 aromatic heterocycles. The number of hydrogen-bond acceptors (Lipinski definition) is 5. The van der Waals surface area contributed by atoms with Crippen LogP contribution in [0.25, 0.3) is 6.08 Å². The smallest absolute Gasteiger partial charge is 0.266 e. The zero-order valence-corrected chi connectivity index (χ0v) is 12.2. The van der Waals surface area contributed by atoms with E-state index in [0.29, 0.717) is 27.1 Å². The van der Waals surface area contributed by atoms with Crippen LogP contribution in [0, 0.1) is 0 Å². The van der Waals surface area contributed by atoms with Crippen molar-refractivity contribution in [3.63, 3.8) is 0 Å². The topological polar surface area (TPSA) is 49.8 Å². The first-order chi connectivity index (χ1) is 9.08. The van der Waals surface area contributed by atoms with Crippen molar-refractivity contribution in [2.75, 3.05) is 13.7 Å². The van der Waals surface area contributed by atoms with Gasteiger partial charge in [-0.3, -0.25) is 9.69 Å². The van der Waals surface area contributed by atoms with Crippen LogP contribution in [0.5, 0.6) is 11.5 Å². The molecule has 1 aliphatic rings. The molecule has 1 saturated heterocycles. The molecule has 6 heteroatoms. The highest BCUT2D eigenvalue weighted by Gasteiger charge is 2.30. The predicted octanol–water partition coefficient (Wildman–Crippen LogP) is 2.62. The Morgan fingerprint density at radius 3 is 2.84 bits per heavy atom. The Kier molecular flexibility index (Phi) is 4.11. The van der Waals surface area contributed by atoms with E-state index >= 15 is 0 Å². The zero-order valence-electron chi connectivity index (χ0n) is 10.5. The van der Waals surface area contributed by atoms with E-state index < -0.39 is 0 Å². The summed E-state index contributed by atoms with van der Waals surface area (Å²) in [7, 11) is 1.48. The Bertz CT molecular complexity index is 569. The van der Waals surface area contributed by atoms with Crippen LogP contribution in [0.1, 0.15) is 12.5 Å². The quantitative estimate of drug-likeness (QED) is 0.686. The molecule has 1 aromatic carbocycles. The highest BCUT2D eigenvalue weighted by atomic mass is 32.2. The number of rotatable bonds is 3. The molecule has 1 N–H and O–H groups in total. The second-order valence-corrected chi connectivity index (χ2v) is 5.50. The zero-order chi connectivity index (χ0) is 14.0. The fourth-order valence-corrected chi connectivity index (χ4v) is 3.11. The minimum atomic E-state index is -0.125. The third-order valence-corrected chi connectivity index (χ3v) is 4.10. The van der Waals surface area contributed by atoms with Crippen molar-refractivity contribution >= 4 is 40.3 Å². The molecule has 0 saturated carbocycles. The van der Waals surface area contributed by atoms with E-state index in [2.05, 4.69) is 0 Å². The Labute approximate surface area is 121 Å². The van der Waals surface area contributed by atoms with Gasteiger partial charge in [-0.1, -0.05) is 36.1 Å². The van der Waals surface area contributed by atoms with E-state index in [1.54, 1.807) is 24.3 Å². The van der Waals surface area contributed by atoms with Crippen molar-refractivity contribution in [3.8, 4) is 11.5 Å². The maximum absolute atomic E-state index is 12.1. The number of benzene rings is 1. The molecular formula is C13H13NO3S2. The predicted molar refractivity (Wildman–Crippen MR) is 80.2 cm³/mol. The number of thioether (sulfide) groups is 1. The number of para-hydroxylation sites is 1. The van der Waals surface area contributed by atoms with E-state index in [0.717, 1.165) is 0 Å². The third-order valence-electron chi connectivity index (χ3n) is 2.73. The van der Waals surface area contributed by atoms with E-state index in [1.807, 2.05) is 6.92 Å². The number of methoxy groups -OCH3 is 1. The summed E-state index contributed by atoms with van der Waals surface area (Å²) in [4.78, 5) is 14.1. The van der Waals surface area contributed by atoms with Crippen LogP contribution in [0.3, 0.4) is 0 Å². The van der Waals surface area contributed by atoms with Crippen LogP contribution in [-0.4, -0.2) is 33.9 Å². The fraction of sp³-hybridized carbons (Fsp3) is 0.231. The van der Waals surface area contributed by atoms with Crippen molar-refractivity contribution in [1.29, 1.82) is 0 Å². The number of aromatic hydroxyl groups is 1. The highest BCUT2D eigenvalue weighted by molar-refractivity contribution is 8.26. The number of amides is 1. The summed E-state index contributed by atoms with van der Waals surface area (Å²) in [6.45, 7) is 2.42. The minimum absolute atomic E-state index is 0.0202. The van der Waals surface area contributed by atoms with Crippen LogP contribution < -0.4 is 4.74 Å². The molecule has 1 fully saturated rings. The van der Waals surface area contributed by atoms with Gasteiger partial charge < -0.3 is 9.84 Å². The molecule has 19 heavy (non-hydrogen) atoms. The summed E-state index contributed by atoms with van der Waals surface area (Å²) in [5.74, 6) is 0.270. The monoisotopic (exact) mass is 295 g/mol. The van der Waals surface area contributed by atoms with Gasteiger partial charge in [-0.25, -0.2) is 0 Å². The summed E-state index contributed by atoms with van der Waals surface area (Å²) in [6, 6.07) is 5.13. The van der Waals surface area contributed by atoms with Gasteiger partial charge in [0, 0.05) is 12.1 Å².